The summed E-state index contributed by atoms with van der Waals surface area (Å²) in [6, 6.07) is 5.45. The highest BCUT2D eigenvalue weighted by Crippen LogP contribution is 2.24. The first-order valence-corrected chi connectivity index (χ1v) is 7.21. The maximum atomic E-state index is 12.5. The molecular formula is C16H24ClN3O2. The van der Waals surface area contributed by atoms with Gasteiger partial charge in [-0.1, -0.05) is 13.8 Å². The highest BCUT2D eigenvalue weighted by Gasteiger charge is 2.23. The van der Waals surface area contributed by atoms with E-state index in [-0.39, 0.29) is 29.6 Å². The second kappa shape index (κ2) is 7.11. The first kappa shape index (κ1) is 18.5. The van der Waals surface area contributed by atoms with Gasteiger partial charge in [0.2, 0.25) is 5.91 Å². The molecule has 2 amide bonds. The number of nitrogens with one attached hydrogen (secondary N) is 1. The third-order valence-electron chi connectivity index (χ3n) is 3.81. The summed E-state index contributed by atoms with van der Waals surface area (Å²) in [6.45, 7) is 5.22. The van der Waals surface area contributed by atoms with Crippen molar-refractivity contribution in [2.45, 2.75) is 26.7 Å². The Bertz CT molecular complexity index is 573. The van der Waals surface area contributed by atoms with Crippen LogP contribution in [0.5, 0.6) is 0 Å². The number of hydrogen-bond donors (Lipinski definition) is 2. The van der Waals surface area contributed by atoms with Gasteiger partial charge < -0.3 is 16.0 Å². The summed E-state index contributed by atoms with van der Waals surface area (Å²) in [5.41, 5.74) is 8.10. The summed E-state index contributed by atoms with van der Waals surface area (Å²) in [6.07, 6.45) is 1.15. The van der Waals surface area contributed by atoms with Gasteiger partial charge in [-0.2, -0.15) is 0 Å². The molecule has 0 unspecified atom stereocenters. The van der Waals surface area contributed by atoms with Crippen LogP contribution in [0.2, 0.25) is 0 Å². The van der Waals surface area contributed by atoms with Gasteiger partial charge in [-0.3, -0.25) is 9.59 Å². The van der Waals surface area contributed by atoms with Crippen LogP contribution in [0.3, 0.4) is 0 Å². The highest BCUT2D eigenvalue weighted by atomic mass is 35.5. The molecule has 0 atom stereocenters. The third kappa shape index (κ3) is 4.21. The molecule has 1 aliphatic heterocycles. The van der Waals surface area contributed by atoms with Gasteiger partial charge in [-0.05, 0) is 42.1 Å². The molecular weight excluding hydrogens is 302 g/mol. The number of halogens is 1. The van der Waals surface area contributed by atoms with Crippen molar-refractivity contribution in [3.63, 3.8) is 0 Å². The minimum atomic E-state index is -0.105. The predicted octanol–water partition coefficient (Wildman–Crippen LogP) is 2.05. The number of nitrogens with zero attached hydrogens (tertiary/aromatic N) is 1. The molecule has 0 aromatic heterocycles. The Balaban J connectivity index is 0.00000242. The second-order valence-corrected chi connectivity index (χ2v) is 6.45. The van der Waals surface area contributed by atoms with Crippen molar-refractivity contribution in [3.8, 4) is 0 Å². The van der Waals surface area contributed by atoms with Crippen molar-refractivity contribution in [1.29, 1.82) is 0 Å². The molecule has 5 nitrogen and oxygen atoms in total. The van der Waals surface area contributed by atoms with Crippen LogP contribution in [0.15, 0.2) is 18.2 Å². The molecule has 0 bridgehead atoms. The fourth-order valence-electron chi connectivity index (χ4n) is 2.52. The van der Waals surface area contributed by atoms with Crippen molar-refractivity contribution in [1.82, 2.24) is 4.90 Å². The van der Waals surface area contributed by atoms with E-state index in [0.29, 0.717) is 31.5 Å². The normalized spacial score (nSPS) is 13.7. The van der Waals surface area contributed by atoms with E-state index in [1.807, 2.05) is 26.0 Å². The van der Waals surface area contributed by atoms with E-state index < -0.39 is 0 Å². The Morgan fingerprint density at radius 1 is 1.36 bits per heavy atom. The van der Waals surface area contributed by atoms with Crippen LogP contribution in [0.4, 0.5) is 5.69 Å². The number of fused-ring (bicyclic) bond motifs is 1. The molecule has 0 saturated carbocycles. The molecule has 0 radical (unpaired) electrons. The van der Waals surface area contributed by atoms with Gasteiger partial charge in [0.05, 0.1) is 0 Å². The van der Waals surface area contributed by atoms with Crippen molar-refractivity contribution >= 4 is 29.9 Å². The smallest absolute Gasteiger partial charge is 0.253 e. The number of amides is 2. The third-order valence-corrected chi connectivity index (χ3v) is 3.81. The van der Waals surface area contributed by atoms with Crippen LogP contribution in [0, 0.1) is 5.41 Å². The zero-order chi connectivity index (χ0) is 15.6. The maximum Gasteiger partial charge on any atom is 0.253 e. The average molecular weight is 326 g/mol. The minimum Gasteiger partial charge on any atom is -0.341 e. The SMILES string of the molecule is CN(CC(C)(C)CN)C(=O)c1ccc2c(c1)CCC(=O)N2.Cl. The second-order valence-electron chi connectivity index (χ2n) is 6.45. The molecule has 0 saturated heterocycles. The van der Waals surface area contributed by atoms with E-state index in [9.17, 15) is 9.59 Å². The maximum absolute atomic E-state index is 12.5. The van der Waals surface area contributed by atoms with Gasteiger partial charge in [-0.25, -0.2) is 0 Å². The summed E-state index contributed by atoms with van der Waals surface area (Å²) in [5.74, 6) is 0.0135. The number of carbonyl (C=O) groups is 2. The molecule has 6 heteroatoms. The quantitative estimate of drug-likeness (QED) is 0.889. The molecule has 1 aromatic carbocycles. The molecule has 1 aromatic rings. The first-order chi connectivity index (χ1) is 9.82. The number of carbonyl (C=O) groups excluding carboxylic acids is 2. The van der Waals surface area contributed by atoms with Gasteiger partial charge in [0.25, 0.3) is 5.91 Å². The van der Waals surface area contributed by atoms with E-state index in [1.54, 1.807) is 18.0 Å². The largest absolute Gasteiger partial charge is 0.341 e. The Morgan fingerprint density at radius 2 is 2.05 bits per heavy atom. The van der Waals surface area contributed by atoms with Gasteiger partial charge in [0.15, 0.2) is 0 Å². The monoisotopic (exact) mass is 325 g/mol. The molecule has 22 heavy (non-hydrogen) atoms. The van der Waals surface area contributed by atoms with Crippen molar-refractivity contribution < 1.29 is 9.59 Å². The molecule has 0 spiro atoms. The zero-order valence-corrected chi connectivity index (χ0v) is 14.1. The minimum absolute atomic E-state index is 0. The van der Waals surface area contributed by atoms with Gasteiger partial charge >= 0.3 is 0 Å². The first-order valence-electron chi connectivity index (χ1n) is 7.21. The van der Waals surface area contributed by atoms with Gasteiger partial charge in [0.1, 0.15) is 0 Å². The van der Waals surface area contributed by atoms with Crippen LogP contribution in [0.1, 0.15) is 36.2 Å². The van der Waals surface area contributed by atoms with E-state index in [4.69, 9.17) is 5.73 Å². The topological polar surface area (TPSA) is 75.4 Å². The zero-order valence-electron chi connectivity index (χ0n) is 13.3. The number of nitrogens with two attached hydrogens (primary N) is 1. The van der Waals surface area contributed by atoms with Crippen LogP contribution < -0.4 is 11.1 Å². The fraction of sp³-hybridized carbons (Fsp3) is 0.500. The van der Waals surface area contributed by atoms with Gasteiger partial charge in [0, 0.05) is 31.3 Å². The number of anilines is 1. The Morgan fingerprint density at radius 3 is 2.68 bits per heavy atom. The number of benzene rings is 1. The van der Waals surface area contributed by atoms with Crippen LogP contribution in [-0.2, 0) is 11.2 Å². The predicted molar refractivity (Wildman–Crippen MR) is 90.4 cm³/mol. The molecule has 2 rings (SSSR count). The standard InChI is InChI=1S/C16H23N3O2.ClH/c1-16(2,9-17)10-19(3)15(21)12-4-6-13-11(8-12)5-7-14(20)18-13;/h4,6,8H,5,7,9-10,17H2,1-3H3,(H,18,20);1H. The van der Waals surface area contributed by atoms with E-state index in [0.717, 1.165) is 11.3 Å². The van der Waals surface area contributed by atoms with E-state index in [1.165, 1.54) is 0 Å². The van der Waals surface area contributed by atoms with Crippen LogP contribution in [0.25, 0.3) is 0 Å². The molecule has 3 N–H and O–H groups in total. The van der Waals surface area contributed by atoms with Crippen molar-refractivity contribution in [2.75, 3.05) is 25.5 Å². The summed E-state index contributed by atoms with van der Waals surface area (Å²) in [7, 11) is 1.79. The number of hydrogen-bond acceptors (Lipinski definition) is 3. The van der Waals surface area contributed by atoms with E-state index >= 15 is 0 Å². The number of aryl methyl sites for hydroxylation is 1. The molecule has 1 aliphatic rings. The van der Waals surface area contributed by atoms with Crippen molar-refractivity contribution in [3.05, 3.63) is 29.3 Å². The lowest BCUT2D eigenvalue weighted by molar-refractivity contribution is -0.116. The molecule has 0 fully saturated rings. The fourth-order valence-corrected chi connectivity index (χ4v) is 2.52. The van der Waals surface area contributed by atoms with Crippen molar-refractivity contribution in [2.24, 2.45) is 11.1 Å². The lowest BCUT2D eigenvalue weighted by Gasteiger charge is -2.29. The molecule has 1 heterocycles. The average Bonchev–Trinajstić information content (AvgIpc) is 2.45. The summed E-state index contributed by atoms with van der Waals surface area (Å²) >= 11 is 0. The summed E-state index contributed by atoms with van der Waals surface area (Å²) < 4.78 is 0. The molecule has 0 aliphatic carbocycles. The van der Waals surface area contributed by atoms with Gasteiger partial charge in [-0.15, -0.1) is 12.4 Å². The number of rotatable bonds is 4. The highest BCUT2D eigenvalue weighted by molar-refractivity contribution is 5.97. The summed E-state index contributed by atoms with van der Waals surface area (Å²) in [4.78, 5) is 25.5. The summed E-state index contributed by atoms with van der Waals surface area (Å²) in [5, 5.41) is 2.82. The molecule has 122 valence electrons. The Labute approximate surface area is 137 Å². The lowest BCUT2D eigenvalue weighted by Crippen LogP contribution is -2.39. The lowest BCUT2D eigenvalue weighted by atomic mass is 9.93. The van der Waals surface area contributed by atoms with Crippen LogP contribution in [-0.4, -0.2) is 36.9 Å². The Hall–Kier alpha value is -1.59. The van der Waals surface area contributed by atoms with E-state index in [2.05, 4.69) is 5.32 Å². The Kier molecular flexibility index (Phi) is 5.97. The van der Waals surface area contributed by atoms with Crippen LogP contribution >= 0.6 is 12.4 Å².